The molecule has 5 aromatic rings. The first-order valence-corrected chi connectivity index (χ1v) is 20.2. The number of epoxide rings is 4. The first-order chi connectivity index (χ1) is 28.2. The molecule has 4 atom stereocenters. The van der Waals surface area contributed by atoms with Crippen LogP contribution in [0, 0.1) is 0 Å². The van der Waals surface area contributed by atoms with E-state index in [1.54, 1.807) is 0 Å². The van der Waals surface area contributed by atoms with Gasteiger partial charge >= 0.3 is 0 Å². The first-order valence-electron chi connectivity index (χ1n) is 20.2. The largest absolute Gasteiger partial charge is 0.491 e. The van der Waals surface area contributed by atoms with Gasteiger partial charge in [0.15, 0.2) is 0 Å². The Balaban J connectivity index is 1.16. The van der Waals surface area contributed by atoms with Gasteiger partial charge in [0.1, 0.15) is 73.8 Å². The monoisotopic (exact) mass is 760 g/mol. The summed E-state index contributed by atoms with van der Waals surface area (Å²) in [7, 11) is 0. The Bertz CT molecular complexity index is 2300. The van der Waals surface area contributed by atoms with E-state index in [4.69, 9.17) is 37.9 Å². The van der Waals surface area contributed by atoms with Crippen molar-refractivity contribution in [1.82, 2.24) is 0 Å². The van der Waals surface area contributed by atoms with Crippen molar-refractivity contribution in [3.8, 4) is 45.3 Å². The lowest BCUT2D eigenvalue weighted by Gasteiger charge is -2.35. The number of rotatable bonds is 16. The number of fused-ring (bicyclic) bond motifs is 3. The quantitative estimate of drug-likeness (QED) is 0.0908. The van der Waals surface area contributed by atoms with Crippen LogP contribution >= 0.6 is 0 Å². The Morgan fingerprint density at radius 1 is 0.509 bits per heavy atom. The number of hydrogen-bond acceptors (Lipinski definition) is 8. The van der Waals surface area contributed by atoms with Gasteiger partial charge in [0, 0.05) is 11.1 Å². The summed E-state index contributed by atoms with van der Waals surface area (Å²) in [6.07, 6.45) is 9.04. The third kappa shape index (κ3) is 7.01. The average Bonchev–Trinajstić information content (AvgIpc) is 4.04. The minimum atomic E-state index is -0.796. The Labute approximate surface area is 332 Å². The topological polar surface area (TPSA) is 87.0 Å². The van der Waals surface area contributed by atoms with Crippen molar-refractivity contribution in [1.29, 1.82) is 0 Å². The Hall–Kier alpha value is -5.38. The fourth-order valence-electron chi connectivity index (χ4n) is 8.35. The zero-order chi connectivity index (χ0) is 37.8. The van der Waals surface area contributed by atoms with E-state index < -0.39 is 5.41 Å². The minimum Gasteiger partial charge on any atom is -0.491 e. The molecule has 4 saturated heterocycles. The molecule has 0 aromatic heterocycles. The summed E-state index contributed by atoms with van der Waals surface area (Å²) in [5.74, 6) is 3.30. The van der Waals surface area contributed by atoms with Crippen LogP contribution < -0.4 is 18.9 Å². The Kier molecular flexibility index (Phi) is 8.88. The van der Waals surface area contributed by atoms with Gasteiger partial charge in [-0.15, -0.1) is 0 Å². The summed E-state index contributed by atoms with van der Waals surface area (Å²) in [6.45, 7) is 4.98. The first kappa shape index (κ1) is 34.8. The van der Waals surface area contributed by atoms with Crippen molar-refractivity contribution in [3.63, 3.8) is 0 Å². The van der Waals surface area contributed by atoms with Gasteiger partial charge in [-0.05, 0) is 106 Å². The summed E-state index contributed by atoms with van der Waals surface area (Å²) >= 11 is 0. The molecule has 288 valence electrons. The Morgan fingerprint density at radius 3 is 1.53 bits per heavy atom. The van der Waals surface area contributed by atoms with E-state index in [2.05, 4.69) is 121 Å². The van der Waals surface area contributed by atoms with Gasteiger partial charge in [0.25, 0.3) is 0 Å². The summed E-state index contributed by atoms with van der Waals surface area (Å²) < 4.78 is 48.1. The van der Waals surface area contributed by atoms with E-state index in [-0.39, 0.29) is 24.4 Å². The van der Waals surface area contributed by atoms with Gasteiger partial charge in [-0.2, -0.15) is 0 Å². The maximum Gasteiger partial charge on any atom is 0.127 e. The van der Waals surface area contributed by atoms with Crippen molar-refractivity contribution in [2.24, 2.45) is 0 Å². The van der Waals surface area contributed by atoms with Crippen molar-refractivity contribution < 1.29 is 37.9 Å². The lowest BCUT2D eigenvalue weighted by atomic mass is 9.66. The summed E-state index contributed by atoms with van der Waals surface area (Å²) in [6, 6.07) is 37.1. The second-order valence-electron chi connectivity index (χ2n) is 15.7. The molecule has 57 heavy (non-hydrogen) atoms. The van der Waals surface area contributed by atoms with Crippen LogP contribution in [0.5, 0.6) is 23.0 Å². The molecule has 8 heteroatoms. The van der Waals surface area contributed by atoms with E-state index >= 15 is 0 Å². The summed E-state index contributed by atoms with van der Waals surface area (Å²) in [5, 5.41) is 0. The van der Waals surface area contributed by atoms with Gasteiger partial charge in [0.2, 0.25) is 0 Å². The zero-order valence-corrected chi connectivity index (χ0v) is 31.7. The van der Waals surface area contributed by atoms with Crippen LogP contribution in [0.15, 0.2) is 121 Å². The van der Waals surface area contributed by atoms with Crippen molar-refractivity contribution in [2.45, 2.75) is 42.7 Å². The number of allylic oxidation sites excluding steroid dienone is 4. The van der Waals surface area contributed by atoms with Gasteiger partial charge in [0.05, 0.1) is 31.8 Å². The molecule has 0 amide bonds. The second-order valence-corrected chi connectivity index (χ2v) is 15.7. The molecule has 2 aliphatic carbocycles. The van der Waals surface area contributed by atoms with E-state index in [0.29, 0.717) is 26.4 Å². The number of ether oxygens (including phenoxy) is 8. The number of benzene rings is 5. The van der Waals surface area contributed by atoms with Crippen LogP contribution in [0.3, 0.4) is 0 Å². The van der Waals surface area contributed by atoms with Crippen LogP contribution in [0.1, 0.15) is 40.7 Å². The lowest BCUT2D eigenvalue weighted by molar-refractivity contribution is 0.262. The van der Waals surface area contributed by atoms with Crippen LogP contribution in [-0.2, 0) is 24.4 Å². The SMILES string of the molecule is C1=CCCC(c2cc(C3(c4ccc(OCC5CO5)c(-c5ccccc5)c4)c4cc(OCC5CO5)ccc4-c4ccc(OCC5CO5)cc43)ccc2OCC2CO2)=C1. The maximum atomic E-state index is 6.53. The standard InChI is InChI=1S/C49H44O8/c1-3-7-31(8-4-1)43-19-33(11-17-47(43)56-29-39-27-54-39)49(34-12-18-48(57-30-40-28-55-40)44(20-34)32-9-5-2-6-10-32)45-21-35(50-23-37-25-52-37)13-15-41(45)42-16-14-36(22-46(42)49)51-24-38-26-53-38/h1-5,7-9,11-22,37-40H,6,10,23-30H2. The molecule has 4 fully saturated rings. The summed E-state index contributed by atoms with van der Waals surface area (Å²) in [4.78, 5) is 0. The van der Waals surface area contributed by atoms with Gasteiger partial charge in [-0.25, -0.2) is 0 Å². The fourth-order valence-corrected chi connectivity index (χ4v) is 8.35. The third-order valence-electron chi connectivity index (χ3n) is 11.7. The molecular formula is C49H44O8. The van der Waals surface area contributed by atoms with E-state index in [9.17, 15) is 0 Å². The zero-order valence-electron chi connectivity index (χ0n) is 31.7. The molecule has 0 radical (unpaired) electrons. The van der Waals surface area contributed by atoms with Crippen LogP contribution in [-0.4, -0.2) is 77.3 Å². The van der Waals surface area contributed by atoms with Crippen LogP contribution in [0.4, 0.5) is 0 Å². The van der Waals surface area contributed by atoms with E-state index in [1.165, 1.54) is 5.57 Å². The molecule has 6 aliphatic rings. The molecule has 11 rings (SSSR count). The van der Waals surface area contributed by atoms with Crippen molar-refractivity contribution in [3.05, 3.63) is 149 Å². The second kappa shape index (κ2) is 14.5. The highest BCUT2D eigenvalue weighted by molar-refractivity contribution is 5.89. The molecule has 0 spiro atoms. The molecule has 0 bridgehead atoms. The Morgan fingerprint density at radius 2 is 1.02 bits per heavy atom. The molecular weight excluding hydrogens is 717 g/mol. The normalized spacial score (nSPS) is 24.5. The molecule has 0 saturated carbocycles. The fraction of sp³-hybridized carbons (Fsp3) is 0.306. The minimum absolute atomic E-state index is 0.127. The summed E-state index contributed by atoms with van der Waals surface area (Å²) in [5.41, 5.74) is 10.4. The molecule has 4 aliphatic heterocycles. The van der Waals surface area contributed by atoms with Gasteiger partial charge < -0.3 is 37.9 Å². The molecule has 8 nitrogen and oxygen atoms in total. The van der Waals surface area contributed by atoms with E-state index in [0.717, 1.165) is 112 Å². The third-order valence-corrected chi connectivity index (χ3v) is 11.7. The molecule has 4 heterocycles. The van der Waals surface area contributed by atoms with E-state index in [1.807, 2.05) is 0 Å². The smallest absolute Gasteiger partial charge is 0.127 e. The van der Waals surface area contributed by atoms with Crippen LogP contribution in [0.2, 0.25) is 0 Å². The maximum absolute atomic E-state index is 6.53. The average molecular weight is 761 g/mol. The van der Waals surface area contributed by atoms with Crippen molar-refractivity contribution >= 4 is 5.57 Å². The number of hydrogen-bond donors (Lipinski definition) is 0. The predicted octanol–water partition coefficient (Wildman–Crippen LogP) is 8.56. The molecule has 5 aromatic carbocycles. The van der Waals surface area contributed by atoms with Gasteiger partial charge in [-0.1, -0.05) is 72.8 Å². The molecule has 0 N–H and O–H groups in total. The highest BCUT2D eigenvalue weighted by Gasteiger charge is 2.48. The predicted molar refractivity (Wildman–Crippen MR) is 216 cm³/mol. The van der Waals surface area contributed by atoms with Gasteiger partial charge in [-0.3, -0.25) is 0 Å². The van der Waals surface area contributed by atoms with Crippen molar-refractivity contribution in [2.75, 3.05) is 52.9 Å². The van der Waals surface area contributed by atoms with Crippen LogP contribution in [0.25, 0.3) is 27.8 Å². The highest BCUT2D eigenvalue weighted by Crippen LogP contribution is 2.59. The highest BCUT2D eigenvalue weighted by atomic mass is 16.6. The molecule has 4 unspecified atom stereocenters. The lowest BCUT2D eigenvalue weighted by Crippen LogP contribution is -2.29.